The van der Waals surface area contributed by atoms with Gasteiger partial charge in [0.05, 0.1) is 11.6 Å². The summed E-state index contributed by atoms with van der Waals surface area (Å²) >= 11 is 0. The van der Waals surface area contributed by atoms with Crippen molar-refractivity contribution >= 4 is 11.7 Å². The van der Waals surface area contributed by atoms with Gasteiger partial charge in [-0.1, -0.05) is 6.07 Å². The third-order valence-electron chi connectivity index (χ3n) is 5.56. The summed E-state index contributed by atoms with van der Waals surface area (Å²) in [6.45, 7) is 3.84. The number of likely N-dealkylation sites (tertiary alicyclic amines) is 1. The molecular weight excluding hydrogens is 378 g/mol. The van der Waals surface area contributed by atoms with Crippen molar-refractivity contribution < 1.29 is 9.53 Å². The van der Waals surface area contributed by atoms with Gasteiger partial charge in [-0.2, -0.15) is 5.26 Å². The number of amides is 2. The van der Waals surface area contributed by atoms with Crippen LogP contribution >= 0.6 is 0 Å². The molecule has 0 unspecified atom stereocenters. The molecule has 1 saturated carbocycles. The first-order chi connectivity index (χ1) is 14.7. The Kier molecular flexibility index (Phi) is 6.45. The number of anilines is 1. The van der Waals surface area contributed by atoms with Gasteiger partial charge in [0.25, 0.3) is 0 Å². The first-order valence-corrected chi connectivity index (χ1v) is 10.6. The van der Waals surface area contributed by atoms with Gasteiger partial charge in [0.2, 0.25) is 5.88 Å². The van der Waals surface area contributed by atoms with Gasteiger partial charge in [-0.15, -0.1) is 0 Å². The van der Waals surface area contributed by atoms with Crippen LogP contribution in [0.15, 0.2) is 42.6 Å². The summed E-state index contributed by atoms with van der Waals surface area (Å²) in [4.78, 5) is 19.0. The predicted molar refractivity (Wildman–Crippen MR) is 114 cm³/mol. The molecule has 30 heavy (non-hydrogen) atoms. The van der Waals surface area contributed by atoms with Gasteiger partial charge in [0.1, 0.15) is 6.10 Å². The molecule has 2 fully saturated rings. The van der Waals surface area contributed by atoms with E-state index in [1.54, 1.807) is 30.5 Å². The summed E-state index contributed by atoms with van der Waals surface area (Å²) in [5.74, 6) is 1.58. The molecule has 1 aromatic heterocycles. The molecule has 4 rings (SSSR count). The Morgan fingerprint density at radius 2 is 1.90 bits per heavy atom. The van der Waals surface area contributed by atoms with E-state index >= 15 is 0 Å². The molecule has 1 aliphatic carbocycles. The minimum Gasteiger partial charge on any atom is -0.474 e. The molecule has 2 aliphatic rings. The van der Waals surface area contributed by atoms with E-state index < -0.39 is 0 Å². The van der Waals surface area contributed by atoms with Gasteiger partial charge in [-0.3, -0.25) is 0 Å². The van der Waals surface area contributed by atoms with Gasteiger partial charge >= 0.3 is 6.03 Å². The van der Waals surface area contributed by atoms with Crippen molar-refractivity contribution in [3.63, 3.8) is 0 Å². The van der Waals surface area contributed by atoms with Gasteiger partial charge < -0.3 is 20.3 Å². The average molecular weight is 406 g/mol. The second kappa shape index (κ2) is 9.59. The maximum Gasteiger partial charge on any atom is 0.319 e. The van der Waals surface area contributed by atoms with Crippen molar-refractivity contribution in [2.45, 2.75) is 38.3 Å². The van der Waals surface area contributed by atoms with Crippen molar-refractivity contribution in [3.8, 4) is 11.9 Å². The third kappa shape index (κ3) is 5.94. The molecule has 7 heteroatoms. The molecule has 0 bridgehead atoms. The van der Waals surface area contributed by atoms with Crippen LogP contribution in [-0.4, -0.2) is 41.7 Å². The highest BCUT2D eigenvalue weighted by atomic mass is 16.5. The summed E-state index contributed by atoms with van der Waals surface area (Å²) in [6, 6.07) is 12.2. The van der Waals surface area contributed by atoms with Crippen LogP contribution in [0.2, 0.25) is 0 Å². The van der Waals surface area contributed by atoms with E-state index in [0.29, 0.717) is 23.7 Å². The smallest absolute Gasteiger partial charge is 0.319 e. The van der Waals surface area contributed by atoms with E-state index in [-0.39, 0.29) is 12.1 Å². The molecule has 2 aromatic rings. The zero-order valence-corrected chi connectivity index (χ0v) is 17.0. The Balaban J connectivity index is 1.18. The number of benzene rings is 1. The molecule has 0 spiro atoms. The number of rotatable bonds is 7. The largest absolute Gasteiger partial charge is 0.474 e. The lowest BCUT2D eigenvalue weighted by Gasteiger charge is -2.31. The van der Waals surface area contributed by atoms with Gasteiger partial charge in [-0.25, -0.2) is 9.78 Å². The molecule has 0 atom stereocenters. The molecule has 0 radical (unpaired) electrons. The standard InChI is InChI=1S/C23H27N5O2/c24-13-17-3-6-20(7-4-17)27-23(29)26-15-19-5-8-22(25-14-19)30-21-9-11-28(12-10-21)16-18-1-2-18/h3-8,14,18,21H,1-2,9-12,15-16H2,(H2,26,27,29). The Bertz CT molecular complexity index is 879. The second-order valence-corrected chi connectivity index (χ2v) is 8.06. The Hall–Kier alpha value is -3.11. The van der Waals surface area contributed by atoms with E-state index in [9.17, 15) is 4.79 Å². The van der Waals surface area contributed by atoms with Crippen molar-refractivity contribution in [2.75, 3.05) is 25.0 Å². The monoisotopic (exact) mass is 405 g/mol. The SMILES string of the molecule is N#Cc1ccc(NC(=O)NCc2ccc(OC3CCN(CC4CC4)CC3)nc2)cc1. The second-order valence-electron chi connectivity index (χ2n) is 8.06. The number of nitrogens with zero attached hydrogens (tertiary/aromatic N) is 3. The molecule has 1 aromatic carbocycles. The number of carbonyl (C=O) groups excluding carboxylic acids is 1. The maximum atomic E-state index is 12.0. The van der Waals surface area contributed by atoms with E-state index in [0.717, 1.165) is 37.4 Å². The number of pyridine rings is 1. The van der Waals surface area contributed by atoms with Gasteiger partial charge in [0, 0.05) is 44.1 Å². The highest BCUT2D eigenvalue weighted by Gasteiger charge is 2.27. The van der Waals surface area contributed by atoms with E-state index in [1.165, 1.54) is 19.4 Å². The van der Waals surface area contributed by atoms with Crippen molar-refractivity contribution in [3.05, 3.63) is 53.7 Å². The van der Waals surface area contributed by atoms with E-state index in [4.69, 9.17) is 10.00 Å². The number of piperidine rings is 1. The number of hydrogen-bond donors (Lipinski definition) is 2. The van der Waals surface area contributed by atoms with Crippen LogP contribution in [-0.2, 0) is 6.54 Å². The van der Waals surface area contributed by atoms with Gasteiger partial charge in [-0.05, 0) is 61.4 Å². The van der Waals surface area contributed by atoms with Crippen LogP contribution < -0.4 is 15.4 Å². The number of nitrogens with one attached hydrogen (secondary N) is 2. The van der Waals surface area contributed by atoms with Crippen molar-refractivity contribution in [1.82, 2.24) is 15.2 Å². The maximum absolute atomic E-state index is 12.0. The summed E-state index contributed by atoms with van der Waals surface area (Å²) in [6.07, 6.45) is 6.87. The number of aromatic nitrogens is 1. The summed E-state index contributed by atoms with van der Waals surface area (Å²) < 4.78 is 6.04. The minimum absolute atomic E-state index is 0.232. The Labute approximate surface area is 177 Å². The molecule has 156 valence electrons. The zero-order valence-electron chi connectivity index (χ0n) is 17.0. The Morgan fingerprint density at radius 3 is 2.53 bits per heavy atom. The first-order valence-electron chi connectivity index (χ1n) is 10.6. The number of carbonyl (C=O) groups is 1. The van der Waals surface area contributed by atoms with Gasteiger partial charge in [0.15, 0.2) is 0 Å². The lowest BCUT2D eigenvalue weighted by molar-refractivity contribution is 0.0944. The zero-order chi connectivity index (χ0) is 20.8. The normalized spacial score (nSPS) is 17.2. The fourth-order valence-corrected chi connectivity index (χ4v) is 3.62. The molecule has 7 nitrogen and oxygen atoms in total. The number of nitriles is 1. The lowest BCUT2D eigenvalue weighted by atomic mass is 10.1. The molecular formula is C23H27N5O2. The number of hydrogen-bond acceptors (Lipinski definition) is 5. The van der Waals surface area contributed by atoms with Crippen LogP contribution in [0, 0.1) is 17.2 Å². The fourth-order valence-electron chi connectivity index (χ4n) is 3.62. The van der Waals surface area contributed by atoms with E-state index in [2.05, 4.69) is 20.5 Å². The molecule has 1 saturated heterocycles. The van der Waals surface area contributed by atoms with Crippen LogP contribution in [0.3, 0.4) is 0 Å². The Morgan fingerprint density at radius 1 is 1.13 bits per heavy atom. The first kappa shape index (κ1) is 20.2. The molecule has 2 N–H and O–H groups in total. The van der Waals surface area contributed by atoms with Crippen LogP contribution in [0.4, 0.5) is 10.5 Å². The van der Waals surface area contributed by atoms with Crippen LogP contribution in [0.5, 0.6) is 5.88 Å². The third-order valence-corrected chi connectivity index (χ3v) is 5.56. The summed E-state index contributed by atoms with van der Waals surface area (Å²) in [5, 5.41) is 14.3. The highest BCUT2D eigenvalue weighted by Crippen LogP contribution is 2.30. The average Bonchev–Trinajstić information content (AvgIpc) is 3.59. The molecule has 2 heterocycles. The topological polar surface area (TPSA) is 90.3 Å². The summed E-state index contributed by atoms with van der Waals surface area (Å²) in [5.41, 5.74) is 2.09. The van der Waals surface area contributed by atoms with Crippen molar-refractivity contribution in [2.24, 2.45) is 5.92 Å². The fraction of sp³-hybridized carbons (Fsp3) is 0.435. The molecule has 1 aliphatic heterocycles. The molecule has 2 amide bonds. The highest BCUT2D eigenvalue weighted by molar-refractivity contribution is 5.89. The summed E-state index contributed by atoms with van der Waals surface area (Å²) in [7, 11) is 0. The predicted octanol–water partition coefficient (Wildman–Crippen LogP) is 3.53. The lowest BCUT2D eigenvalue weighted by Crippen LogP contribution is -2.39. The van der Waals surface area contributed by atoms with Crippen LogP contribution in [0.25, 0.3) is 0 Å². The van der Waals surface area contributed by atoms with E-state index in [1.807, 2.05) is 18.2 Å². The van der Waals surface area contributed by atoms with Crippen molar-refractivity contribution in [1.29, 1.82) is 5.26 Å². The number of ether oxygens (including phenoxy) is 1. The quantitative estimate of drug-likeness (QED) is 0.735. The minimum atomic E-state index is -0.307. The number of urea groups is 1. The van der Waals surface area contributed by atoms with Crippen LogP contribution in [0.1, 0.15) is 36.8 Å².